The van der Waals surface area contributed by atoms with E-state index < -0.39 is 0 Å². The number of hydrogen-bond acceptors (Lipinski definition) is 5. The van der Waals surface area contributed by atoms with Gasteiger partial charge in [0.2, 0.25) is 0 Å². The highest BCUT2D eigenvalue weighted by atomic mass is 35.5. The Bertz CT molecular complexity index is 981. The number of rotatable bonds is 9. The first-order valence-corrected chi connectivity index (χ1v) is 12.1. The fourth-order valence-corrected chi connectivity index (χ4v) is 4.26. The van der Waals surface area contributed by atoms with E-state index in [0.29, 0.717) is 12.5 Å². The molecule has 33 heavy (non-hydrogen) atoms. The van der Waals surface area contributed by atoms with Crippen molar-refractivity contribution in [3.05, 3.63) is 65.5 Å². The summed E-state index contributed by atoms with van der Waals surface area (Å²) in [6.45, 7) is 13.7. The average molecular weight is 470 g/mol. The van der Waals surface area contributed by atoms with Crippen LogP contribution in [0, 0.1) is 6.92 Å². The van der Waals surface area contributed by atoms with Gasteiger partial charge in [0.1, 0.15) is 5.69 Å². The molecule has 0 saturated carbocycles. The minimum atomic E-state index is 0.647. The number of aryl methyl sites for hydroxylation is 2. The fourth-order valence-electron chi connectivity index (χ4n) is 4.01. The highest BCUT2D eigenvalue weighted by molar-refractivity contribution is 6.34. The Morgan fingerprint density at radius 2 is 2.06 bits per heavy atom. The van der Waals surface area contributed by atoms with Crippen LogP contribution in [0.5, 0.6) is 0 Å². The van der Waals surface area contributed by atoms with E-state index in [2.05, 4.69) is 51.6 Å². The molecule has 1 aromatic carbocycles. The predicted octanol–water partition coefficient (Wildman–Crippen LogP) is 5.34. The maximum atomic E-state index is 6.55. The average Bonchev–Trinajstić information content (AvgIpc) is 3.09. The Morgan fingerprint density at radius 1 is 1.21 bits per heavy atom. The number of anilines is 1. The van der Waals surface area contributed by atoms with Gasteiger partial charge in [0.05, 0.1) is 23.0 Å². The van der Waals surface area contributed by atoms with Gasteiger partial charge in [0.25, 0.3) is 0 Å². The number of aliphatic imine (C=N–C) groups is 1. The first-order chi connectivity index (χ1) is 16.0. The Morgan fingerprint density at radius 3 is 2.82 bits per heavy atom. The first-order valence-electron chi connectivity index (χ1n) is 11.7. The lowest BCUT2D eigenvalue weighted by atomic mass is 10.2. The third kappa shape index (κ3) is 7.47. The van der Waals surface area contributed by atoms with E-state index >= 15 is 0 Å². The molecule has 0 unspecified atom stereocenters. The number of allylic oxidation sites excluding steroid dienone is 2. The summed E-state index contributed by atoms with van der Waals surface area (Å²) >= 11 is 6.55. The van der Waals surface area contributed by atoms with Gasteiger partial charge in [0.15, 0.2) is 5.90 Å². The molecular formula is C26H36ClN5O. The molecule has 0 atom stereocenters. The second kappa shape index (κ2) is 12.6. The number of benzene rings is 1. The molecule has 0 N–H and O–H groups in total. The van der Waals surface area contributed by atoms with Crippen LogP contribution in [0.25, 0.3) is 5.70 Å². The minimum Gasteiger partial charge on any atom is -0.481 e. The normalized spacial score (nSPS) is 16.1. The lowest BCUT2D eigenvalue weighted by Gasteiger charge is -2.25. The monoisotopic (exact) mass is 469 g/mol. The van der Waals surface area contributed by atoms with Crippen LogP contribution in [0.3, 0.4) is 0 Å². The van der Waals surface area contributed by atoms with Crippen molar-refractivity contribution in [3.8, 4) is 0 Å². The van der Waals surface area contributed by atoms with E-state index in [-0.39, 0.29) is 0 Å². The lowest BCUT2D eigenvalue weighted by Crippen LogP contribution is -2.31. The topological polar surface area (TPSA) is 45.9 Å². The molecule has 178 valence electrons. The number of unbranched alkanes of at least 4 members (excludes halogenated alkanes) is 1. The molecule has 1 fully saturated rings. The van der Waals surface area contributed by atoms with Crippen LogP contribution in [0.4, 0.5) is 5.69 Å². The standard InChI is InChI=1S/C26H36ClN5O/c1-5-10-23(24-13-17-30(4)29-24)28-22(3)33-20-7-6-14-31-15-9-16-32(19-18-31)25-12-8-11-21(2)26(25)27/h5,8,10-13,17H,1,6-7,9,14-16,18-20H2,2-4H3/b23-10-,28-22+. The van der Waals surface area contributed by atoms with Gasteiger partial charge in [-0.3, -0.25) is 4.68 Å². The second-order valence-corrected chi connectivity index (χ2v) is 8.82. The van der Waals surface area contributed by atoms with E-state index in [4.69, 9.17) is 16.3 Å². The van der Waals surface area contributed by atoms with Gasteiger partial charge in [-0.15, -0.1) is 0 Å². The van der Waals surface area contributed by atoms with Gasteiger partial charge in [-0.1, -0.05) is 36.4 Å². The highest BCUT2D eigenvalue weighted by Crippen LogP contribution is 2.29. The molecule has 2 aromatic rings. The number of ether oxygens (including phenoxy) is 1. The summed E-state index contributed by atoms with van der Waals surface area (Å²) in [5.41, 5.74) is 3.87. The fraction of sp³-hybridized carbons (Fsp3) is 0.462. The summed E-state index contributed by atoms with van der Waals surface area (Å²) < 4.78 is 7.62. The van der Waals surface area contributed by atoms with E-state index in [1.165, 1.54) is 0 Å². The third-order valence-corrected chi connectivity index (χ3v) is 6.30. The molecule has 0 bridgehead atoms. The number of nitrogens with zero attached hydrogens (tertiary/aromatic N) is 5. The van der Waals surface area contributed by atoms with Crippen molar-refractivity contribution < 1.29 is 4.74 Å². The van der Waals surface area contributed by atoms with Gasteiger partial charge < -0.3 is 14.5 Å². The molecule has 1 aliphatic rings. The van der Waals surface area contributed by atoms with Crippen molar-refractivity contribution in [2.45, 2.75) is 33.1 Å². The summed E-state index contributed by atoms with van der Waals surface area (Å²) in [7, 11) is 1.89. The number of aromatic nitrogens is 2. The van der Waals surface area contributed by atoms with E-state index in [9.17, 15) is 0 Å². The zero-order valence-electron chi connectivity index (χ0n) is 20.1. The quantitative estimate of drug-likeness (QED) is 0.215. The molecule has 0 spiro atoms. The van der Waals surface area contributed by atoms with Crippen molar-refractivity contribution in [2.75, 3.05) is 44.2 Å². The molecule has 3 rings (SSSR count). The van der Waals surface area contributed by atoms with Gasteiger partial charge in [-0.25, -0.2) is 4.99 Å². The van der Waals surface area contributed by atoms with Crippen LogP contribution in [0.1, 0.15) is 37.4 Å². The smallest absolute Gasteiger partial charge is 0.185 e. The molecule has 7 heteroatoms. The van der Waals surface area contributed by atoms with E-state index in [1.807, 2.05) is 32.3 Å². The number of hydrogen-bond donors (Lipinski definition) is 0. The van der Waals surface area contributed by atoms with Crippen LogP contribution in [-0.2, 0) is 11.8 Å². The maximum absolute atomic E-state index is 6.55. The molecule has 0 radical (unpaired) electrons. The van der Waals surface area contributed by atoms with Crippen molar-refractivity contribution in [1.82, 2.24) is 14.7 Å². The Labute approximate surface area is 203 Å². The van der Waals surface area contributed by atoms with Crippen molar-refractivity contribution in [1.29, 1.82) is 0 Å². The molecule has 1 saturated heterocycles. The molecule has 2 heterocycles. The Balaban J connectivity index is 1.40. The molecule has 0 aliphatic carbocycles. The van der Waals surface area contributed by atoms with E-state index in [0.717, 1.165) is 79.7 Å². The summed E-state index contributed by atoms with van der Waals surface area (Å²) in [6, 6.07) is 8.23. The second-order valence-electron chi connectivity index (χ2n) is 8.44. The molecule has 0 amide bonds. The van der Waals surface area contributed by atoms with Crippen molar-refractivity contribution in [3.63, 3.8) is 0 Å². The van der Waals surface area contributed by atoms with Crippen LogP contribution >= 0.6 is 11.6 Å². The molecule has 1 aliphatic heterocycles. The van der Waals surface area contributed by atoms with Gasteiger partial charge in [-0.05, 0) is 63.0 Å². The zero-order chi connectivity index (χ0) is 23.6. The molecule has 1 aromatic heterocycles. The highest BCUT2D eigenvalue weighted by Gasteiger charge is 2.17. The lowest BCUT2D eigenvalue weighted by molar-refractivity contribution is 0.255. The van der Waals surface area contributed by atoms with Crippen LogP contribution in [0.2, 0.25) is 5.02 Å². The SMILES string of the molecule is C=C/C=C(\N=C(/C)OCCCCN1CCCN(c2cccc(C)c2Cl)CC1)c1ccn(C)n1. The van der Waals surface area contributed by atoms with Gasteiger partial charge >= 0.3 is 0 Å². The summed E-state index contributed by atoms with van der Waals surface area (Å²) in [6.07, 6.45) is 8.72. The van der Waals surface area contributed by atoms with Crippen LogP contribution < -0.4 is 4.90 Å². The Kier molecular flexibility index (Phi) is 9.58. The largest absolute Gasteiger partial charge is 0.481 e. The summed E-state index contributed by atoms with van der Waals surface area (Å²) in [5, 5.41) is 5.29. The van der Waals surface area contributed by atoms with Crippen LogP contribution in [-0.4, -0.2) is 59.9 Å². The number of halogens is 1. The Hall–Kier alpha value is -2.57. The van der Waals surface area contributed by atoms with Crippen LogP contribution in [0.15, 0.2) is 54.2 Å². The summed E-state index contributed by atoms with van der Waals surface area (Å²) in [4.78, 5) is 9.56. The minimum absolute atomic E-state index is 0.647. The third-order valence-electron chi connectivity index (χ3n) is 5.81. The van der Waals surface area contributed by atoms with Gasteiger partial charge in [0, 0.05) is 39.8 Å². The van der Waals surface area contributed by atoms with Gasteiger partial charge in [-0.2, -0.15) is 5.10 Å². The van der Waals surface area contributed by atoms with Crippen molar-refractivity contribution >= 4 is 28.9 Å². The maximum Gasteiger partial charge on any atom is 0.185 e. The van der Waals surface area contributed by atoms with Crippen molar-refractivity contribution in [2.24, 2.45) is 12.0 Å². The predicted molar refractivity (Wildman–Crippen MR) is 139 cm³/mol. The van der Waals surface area contributed by atoms with E-state index in [1.54, 1.807) is 10.8 Å². The molecular weight excluding hydrogens is 434 g/mol. The first kappa shape index (κ1) is 25.1. The summed E-state index contributed by atoms with van der Waals surface area (Å²) in [5.74, 6) is 0.647. The molecule has 6 nitrogen and oxygen atoms in total. The zero-order valence-corrected chi connectivity index (χ0v) is 20.9.